The molecule has 1 heterocycles. The molecule has 0 fully saturated rings. The number of nitro groups is 1. The molecule has 0 aromatic heterocycles. The Kier molecular flexibility index (Phi) is 3.53. The summed E-state index contributed by atoms with van der Waals surface area (Å²) >= 11 is 0. The van der Waals surface area contributed by atoms with Crippen molar-refractivity contribution in [1.29, 1.82) is 0 Å². The third-order valence-corrected chi connectivity index (χ3v) is 5.12. The summed E-state index contributed by atoms with van der Waals surface area (Å²) < 4.78 is 0. The van der Waals surface area contributed by atoms with E-state index in [9.17, 15) is 14.9 Å². The Morgan fingerprint density at radius 1 is 1.20 bits per heavy atom. The molecule has 4 rings (SSSR count). The summed E-state index contributed by atoms with van der Waals surface area (Å²) in [4.78, 5) is 22.6. The van der Waals surface area contributed by atoms with Gasteiger partial charge in [-0.3, -0.25) is 14.9 Å². The molecule has 6 nitrogen and oxygen atoms in total. The van der Waals surface area contributed by atoms with Crippen molar-refractivity contribution in [3.05, 3.63) is 81.4 Å². The number of nitrogens with zero attached hydrogens (tertiary/aromatic N) is 1. The number of primary amides is 1. The molecule has 3 unspecified atom stereocenters. The number of nitro benzene ring substituents is 1. The average Bonchev–Trinajstić information content (AvgIpc) is 3.10. The molecule has 2 aliphatic rings. The molecular formula is C19H17N3O3. The van der Waals surface area contributed by atoms with Gasteiger partial charge in [0.15, 0.2) is 0 Å². The number of fused-ring (bicyclic) bond motifs is 3. The Hall–Kier alpha value is -3.15. The minimum Gasteiger partial charge on any atom is -0.377 e. The molecule has 0 bridgehead atoms. The zero-order chi connectivity index (χ0) is 17.6. The fourth-order valence-corrected chi connectivity index (χ4v) is 3.97. The van der Waals surface area contributed by atoms with E-state index in [0.29, 0.717) is 11.1 Å². The maximum atomic E-state index is 11.5. The van der Waals surface area contributed by atoms with Crippen LogP contribution in [0.4, 0.5) is 11.4 Å². The first-order valence-corrected chi connectivity index (χ1v) is 8.16. The number of anilines is 1. The first-order valence-electron chi connectivity index (χ1n) is 8.16. The van der Waals surface area contributed by atoms with Crippen molar-refractivity contribution >= 4 is 17.3 Å². The molecule has 2 aromatic rings. The van der Waals surface area contributed by atoms with Crippen LogP contribution in [-0.2, 0) is 0 Å². The summed E-state index contributed by atoms with van der Waals surface area (Å²) in [5.41, 5.74) is 8.61. The Morgan fingerprint density at radius 2 is 2.00 bits per heavy atom. The van der Waals surface area contributed by atoms with Gasteiger partial charge in [0.2, 0.25) is 5.91 Å². The van der Waals surface area contributed by atoms with Crippen LogP contribution in [0.3, 0.4) is 0 Å². The van der Waals surface area contributed by atoms with E-state index in [-0.39, 0.29) is 28.5 Å². The number of nitrogens with two attached hydrogens (primary N) is 1. The third-order valence-electron chi connectivity index (χ3n) is 5.12. The lowest BCUT2D eigenvalue weighted by atomic mass is 9.76. The minimum atomic E-state index is -0.456. The van der Waals surface area contributed by atoms with Crippen LogP contribution in [0.2, 0.25) is 0 Å². The molecule has 0 saturated carbocycles. The van der Waals surface area contributed by atoms with Gasteiger partial charge in [-0.25, -0.2) is 0 Å². The van der Waals surface area contributed by atoms with Gasteiger partial charge in [-0.05, 0) is 36.1 Å². The molecular weight excluding hydrogens is 318 g/mol. The summed E-state index contributed by atoms with van der Waals surface area (Å²) in [6.07, 6.45) is 5.05. The standard InChI is InChI=1S/C19H17N3O3/c20-19(23)11-8-9-16-15(10-11)12-5-3-6-13(12)18(21-16)14-4-1-2-7-17(14)22(24)25/h1-5,7-10,12-13,18,21H,6H2,(H2,20,23). The first kappa shape index (κ1) is 15.4. The first-order chi connectivity index (χ1) is 12.1. The van der Waals surface area contributed by atoms with E-state index in [1.807, 2.05) is 24.3 Å². The third kappa shape index (κ3) is 2.46. The molecule has 1 aliphatic heterocycles. The lowest BCUT2D eigenvalue weighted by molar-refractivity contribution is -0.385. The van der Waals surface area contributed by atoms with Crippen LogP contribution in [0.25, 0.3) is 0 Å². The second-order valence-corrected chi connectivity index (χ2v) is 6.46. The molecule has 2 aromatic carbocycles. The lowest BCUT2D eigenvalue weighted by Gasteiger charge is -2.37. The maximum absolute atomic E-state index is 11.5. The number of allylic oxidation sites excluding steroid dienone is 2. The van der Waals surface area contributed by atoms with Crippen LogP contribution in [-0.4, -0.2) is 10.8 Å². The fraction of sp³-hybridized carbons (Fsp3) is 0.211. The zero-order valence-electron chi connectivity index (χ0n) is 13.4. The van der Waals surface area contributed by atoms with Gasteiger partial charge in [0.25, 0.3) is 5.69 Å². The smallest absolute Gasteiger partial charge is 0.274 e. The highest BCUT2D eigenvalue weighted by molar-refractivity contribution is 5.93. The number of para-hydroxylation sites is 1. The van der Waals surface area contributed by atoms with E-state index in [1.54, 1.807) is 18.2 Å². The van der Waals surface area contributed by atoms with Crippen LogP contribution in [0.15, 0.2) is 54.6 Å². The van der Waals surface area contributed by atoms with E-state index in [4.69, 9.17) is 5.73 Å². The zero-order valence-corrected chi connectivity index (χ0v) is 13.4. The number of rotatable bonds is 3. The monoisotopic (exact) mass is 335 g/mol. The highest BCUT2D eigenvalue weighted by Crippen LogP contribution is 2.51. The molecule has 6 heteroatoms. The predicted octanol–water partition coefficient (Wildman–Crippen LogP) is 3.52. The van der Waals surface area contributed by atoms with Crippen molar-refractivity contribution < 1.29 is 9.72 Å². The number of amides is 1. The van der Waals surface area contributed by atoms with Gasteiger partial charge in [0.05, 0.1) is 16.5 Å². The average molecular weight is 335 g/mol. The van der Waals surface area contributed by atoms with Gasteiger partial charge in [-0.1, -0.05) is 30.4 Å². The minimum absolute atomic E-state index is 0.111. The van der Waals surface area contributed by atoms with E-state index < -0.39 is 5.91 Å². The molecule has 1 amide bonds. The van der Waals surface area contributed by atoms with Crippen LogP contribution in [0.5, 0.6) is 0 Å². The van der Waals surface area contributed by atoms with Gasteiger partial charge in [-0.2, -0.15) is 0 Å². The summed E-state index contributed by atoms with van der Waals surface area (Å²) in [7, 11) is 0. The van der Waals surface area contributed by atoms with Crippen LogP contribution in [0.1, 0.15) is 39.9 Å². The summed E-state index contributed by atoms with van der Waals surface area (Å²) in [6.45, 7) is 0. The largest absolute Gasteiger partial charge is 0.377 e. The lowest BCUT2D eigenvalue weighted by Crippen LogP contribution is -2.30. The van der Waals surface area contributed by atoms with E-state index in [2.05, 4.69) is 17.5 Å². The predicted molar refractivity (Wildman–Crippen MR) is 94.4 cm³/mol. The quantitative estimate of drug-likeness (QED) is 0.509. The van der Waals surface area contributed by atoms with E-state index in [1.165, 1.54) is 0 Å². The highest BCUT2D eigenvalue weighted by Gasteiger charge is 2.40. The van der Waals surface area contributed by atoms with Gasteiger partial charge >= 0.3 is 0 Å². The molecule has 3 N–H and O–H groups in total. The second kappa shape index (κ2) is 5.73. The Bertz CT molecular complexity index is 907. The molecule has 1 aliphatic carbocycles. The summed E-state index contributed by atoms with van der Waals surface area (Å²) in [5, 5.41) is 14.9. The Labute approximate surface area is 144 Å². The molecule has 25 heavy (non-hydrogen) atoms. The maximum Gasteiger partial charge on any atom is 0.274 e. The number of carbonyl (C=O) groups is 1. The van der Waals surface area contributed by atoms with Crippen molar-refractivity contribution in [3.63, 3.8) is 0 Å². The number of carbonyl (C=O) groups excluding carboxylic acids is 1. The van der Waals surface area contributed by atoms with Crippen molar-refractivity contribution in [2.75, 3.05) is 5.32 Å². The van der Waals surface area contributed by atoms with Crippen molar-refractivity contribution in [2.24, 2.45) is 11.7 Å². The molecule has 126 valence electrons. The Morgan fingerprint density at radius 3 is 2.76 bits per heavy atom. The van der Waals surface area contributed by atoms with Crippen LogP contribution in [0, 0.1) is 16.0 Å². The topological polar surface area (TPSA) is 98.3 Å². The number of hydrogen-bond acceptors (Lipinski definition) is 4. The molecule has 0 saturated heterocycles. The van der Waals surface area contributed by atoms with Crippen LogP contribution >= 0.6 is 0 Å². The molecule has 0 spiro atoms. The second-order valence-electron chi connectivity index (χ2n) is 6.46. The summed E-state index contributed by atoms with van der Waals surface area (Å²) in [6, 6.07) is 12.0. The van der Waals surface area contributed by atoms with Crippen molar-refractivity contribution in [2.45, 2.75) is 18.4 Å². The fourth-order valence-electron chi connectivity index (χ4n) is 3.97. The number of hydrogen-bond donors (Lipinski definition) is 2. The van der Waals surface area contributed by atoms with Gasteiger partial charge < -0.3 is 11.1 Å². The Balaban J connectivity index is 1.81. The van der Waals surface area contributed by atoms with Crippen molar-refractivity contribution in [1.82, 2.24) is 0 Å². The van der Waals surface area contributed by atoms with E-state index >= 15 is 0 Å². The molecule has 0 radical (unpaired) electrons. The SMILES string of the molecule is NC(=O)c1ccc2c(c1)C1C=CCC1C(c1ccccc1[N+](=O)[O-])N2. The summed E-state index contributed by atoms with van der Waals surface area (Å²) in [5.74, 6) is -0.181. The van der Waals surface area contributed by atoms with Crippen molar-refractivity contribution in [3.8, 4) is 0 Å². The van der Waals surface area contributed by atoms with Crippen LogP contribution < -0.4 is 11.1 Å². The normalized spacial score (nSPS) is 23.4. The highest BCUT2D eigenvalue weighted by atomic mass is 16.6. The number of nitrogens with one attached hydrogen (secondary N) is 1. The van der Waals surface area contributed by atoms with Gasteiger partial charge in [0.1, 0.15) is 0 Å². The number of benzene rings is 2. The van der Waals surface area contributed by atoms with Gasteiger partial charge in [-0.15, -0.1) is 0 Å². The molecule has 3 atom stereocenters. The van der Waals surface area contributed by atoms with E-state index in [0.717, 1.165) is 17.7 Å². The van der Waals surface area contributed by atoms with Gasteiger partial charge in [0, 0.05) is 23.2 Å².